The summed E-state index contributed by atoms with van der Waals surface area (Å²) < 4.78 is 0. The molecule has 0 fully saturated rings. The molecule has 5 N–H and O–H groups in total. The van der Waals surface area contributed by atoms with Crippen molar-refractivity contribution in [3.63, 3.8) is 0 Å². The van der Waals surface area contributed by atoms with Gasteiger partial charge in [-0.15, -0.1) is 0 Å². The Morgan fingerprint density at radius 2 is 2.21 bits per heavy atom. The highest BCUT2D eigenvalue weighted by Crippen LogP contribution is 2.21. The van der Waals surface area contributed by atoms with Gasteiger partial charge >= 0.3 is 5.97 Å². The second kappa shape index (κ2) is 3.26. The molecule has 1 aromatic rings. The van der Waals surface area contributed by atoms with Gasteiger partial charge in [0.05, 0.1) is 0 Å². The molecule has 0 saturated carbocycles. The van der Waals surface area contributed by atoms with Gasteiger partial charge in [0.15, 0.2) is 0 Å². The molecule has 1 rings (SSSR count). The molecule has 76 valence electrons. The maximum atomic E-state index is 10.9. The molecule has 0 amide bonds. The van der Waals surface area contributed by atoms with Crippen LogP contribution in [0.25, 0.3) is 0 Å². The number of pyridine rings is 1. The number of carbonyl (C=O) groups is 1. The van der Waals surface area contributed by atoms with E-state index in [0.717, 1.165) is 5.56 Å². The number of nitrogen functional groups attached to an aromatic ring is 1. The molecular formula is C9H13N3O2. The second-order valence-electron chi connectivity index (χ2n) is 3.43. The monoisotopic (exact) mass is 195 g/mol. The lowest BCUT2D eigenvalue weighted by atomic mass is 9.91. The van der Waals surface area contributed by atoms with E-state index in [1.807, 2.05) is 0 Å². The van der Waals surface area contributed by atoms with Crippen LogP contribution in [0.15, 0.2) is 12.3 Å². The van der Waals surface area contributed by atoms with Crippen molar-refractivity contribution in [2.24, 2.45) is 5.73 Å². The lowest BCUT2D eigenvalue weighted by Gasteiger charge is -2.21. The summed E-state index contributed by atoms with van der Waals surface area (Å²) in [6.45, 7) is 3.18. The van der Waals surface area contributed by atoms with E-state index in [1.165, 1.54) is 13.1 Å². The summed E-state index contributed by atoms with van der Waals surface area (Å²) >= 11 is 0. The zero-order valence-electron chi connectivity index (χ0n) is 8.11. The van der Waals surface area contributed by atoms with Crippen molar-refractivity contribution in [2.75, 3.05) is 5.73 Å². The molecule has 1 heterocycles. The van der Waals surface area contributed by atoms with Gasteiger partial charge in [0.25, 0.3) is 0 Å². The van der Waals surface area contributed by atoms with Crippen molar-refractivity contribution in [2.45, 2.75) is 19.4 Å². The molecule has 1 atom stereocenters. The highest BCUT2D eigenvalue weighted by atomic mass is 16.4. The lowest BCUT2D eigenvalue weighted by Crippen LogP contribution is -2.42. The van der Waals surface area contributed by atoms with Crippen molar-refractivity contribution >= 4 is 11.8 Å². The number of anilines is 1. The number of nitrogens with zero attached hydrogens (tertiary/aromatic N) is 1. The zero-order valence-corrected chi connectivity index (χ0v) is 8.11. The first-order valence-corrected chi connectivity index (χ1v) is 4.10. The van der Waals surface area contributed by atoms with Crippen molar-refractivity contribution in [1.82, 2.24) is 4.98 Å². The van der Waals surface area contributed by atoms with Gasteiger partial charge < -0.3 is 16.6 Å². The van der Waals surface area contributed by atoms with Gasteiger partial charge in [-0.25, -0.2) is 9.78 Å². The lowest BCUT2D eigenvalue weighted by molar-refractivity contribution is -0.143. The smallest absolute Gasteiger partial charge is 0.328 e. The van der Waals surface area contributed by atoms with Crippen LogP contribution < -0.4 is 11.5 Å². The second-order valence-corrected chi connectivity index (χ2v) is 3.43. The number of aromatic nitrogens is 1. The van der Waals surface area contributed by atoms with E-state index in [1.54, 1.807) is 13.0 Å². The van der Waals surface area contributed by atoms with Crippen molar-refractivity contribution in [1.29, 1.82) is 0 Å². The van der Waals surface area contributed by atoms with Crippen molar-refractivity contribution < 1.29 is 9.90 Å². The molecule has 0 unspecified atom stereocenters. The Morgan fingerprint density at radius 3 is 2.64 bits per heavy atom. The number of carboxylic acid groups (broad SMARTS) is 1. The molecule has 0 bridgehead atoms. The highest BCUT2D eigenvalue weighted by Gasteiger charge is 2.31. The highest BCUT2D eigenvalue weighted by molar-refractivity contribution is 5.80. The molecule has 0 aliphatic heterocycles. The average Bonchev–Trinajstić information content (AvgIpc) is 2.02. The molecule has 0 aromatic carbocycles. The minimum Gasteiger partial charge on any atom is -0.480 e. The number of hydrogen-bond donors (Lipinski definition) is 3. The predicted molar refractivity (Wildman–Crippen MR) is 52.6 cm³/mol. The summed E-state index contributed by atoms with van der Waals surface area (Å²) in [6, 6.07) is 1.60. The minimum atomic E-state index is -1.43. The van der Waals surface area contributed by atoms with Crippen LogP contribution in [0, 0.1) is 6.92 Å². The number of hydrogen-bond acceptors (Lipinski definition) is 4. The number of carboxylic acids is 1. The first-order valence-electron chi connectivity index (χ1n) is 4.10. The van der Waals surface area contributed by atoms with Gasteiger partial charge in [0.2, 0.25) is 0 Å². The predicted octanol–water partition coefficient (Wildman–Crippen LogP) is 0.231. The van der Waals surface area contributed by atoms with Gasteiger partial charge in [0.1, 0.15) is 11.4 Å². The number of rotatable bonds is 2. The van der Waals surface area contributed by atoms with Crippen LogP contribution in [-0.4, -0.2) is 16.1 Å². The Kier molecular flexibility index (Phi) is 2.44. The molecule has 1 aromatic heterocycles. The standard InChI is InChI=1S/C9H13N3O2/c1-5-3-7(10)12-4-6(5)9(2,11)8(13)14/h3-4H,11H2,1-2H3,(H2,10,12)(H,13,14)/t9-/m0/s1. The molecular weight excluding hydrogens is 182 g/mol. The van der Waals surface area contributed by atoms with Crippen LogP contribution in [-0.2, 0) is 10.3 Å². The van der Waals surface area contributed by atoms with Crippen molar-refractivity contribution in [3.8, 4) is 0 Å². The van der Waals surface area contributed by atoms with Gasteiger partial charge in [-0.2, -0.15) is 0 Å². The van der Waals surface area contributed by atoms with Crippen LogP contribution in [0.4, 0.5) is 5.82 Å². The third kappa shape index (κ3) is 1.67. The zero-order chi connectivity index (χ0) is 10.9. The van der Waals surface area contributed by atoms with Crippen LogP contribution >= 0.6 is 0 Å². The van der Waals surface area contributed by atoms with E-state index in [0.29, 0.717) is 11.4 Å². The Hall–Kier alpha value is -1.62. The van der Waals surface area contributed by atoms with E-state index < -0.39 is 11.5 Å². The van der Waals surface area contributed by atoms with Crippen molar-refractivity contribution in [3.05, 3.63) is 23.4 Å². The van der Waals surface area contributed by atoms with E-state index in [4.69, 9.17) is 16.6 Å². The van der Waals surface area contributed by atoms with E-state index in [9.17, 15) is 4.79 Å². The fourth-order valence-corrected chi connectivity index (χ4v) is 1.24. The van der Waals surface area contributed by atoms with Crippen LogP contribution in [0.5, 0.6) is 0 Å². The molecule has 0 aliphatic rings. The quantitative estimate of drug-likeness (QED) is 0.627. The van der Waals surface area contributed by atoms with Gasteiger partial charge in [0, 0.05) is 11.8 Å². The fraction of sp³-hybridized carbons (Fsp3) is 0.333. The maximum Gasteiger partial charge on any atom is 0.328 e. The Balaban J connectivity index is 3.26. The number of nitrogens with two attached hydrogens (primary N) is 2. The summed E-state index contributed by atoms with van der Waals surface area (Å²) in [5, 5.41) is 8.90. The number of aryl methyl sites for hydroxylation is 1. The largest absolute Gasteiger partial charge is 0.480 e. The molecule has 0 spiro atoms. The summed E-state index contributed by atoms with van der Waals surface area (Å²) in [5.74, 6) is -0.736. The van der Waals surface area contributed by atoms with Gasteiger partial charge in [-0.1, -0.05) is 0 Å². The van der Waals surface area contributed by atoms with E-state index >= 15 is 0 Å². The summed E-state index contributed by atoms with van der Waals surface area (Å²) in [7, 11) is 0. The molecule has 5 heteroatoms. The third-order valence-electron chi connectivity index (χ3n) is 2.14. The normalized spacial score (nSPS) is 14.8. The molecule has 0 aliphatic carbocycles. The fourth-order valence-electron chi connectivity index (χ4n) is 1.24. The average molecular weight is 195 g/mol. The Morgan fingerprint density at radius 1 is 1.64 bits per heavy atom. The Labute approximate surface area is 81.7 Å². The number of aliphatic carboxylic acids is 1. The van der Waals surface area contributed by atoms with Gasteiger partial charge in [-0.05, 0) is 25.5 Å². The molecule has 5 nitrogen and oxygen atoms in total. The topological polar surface area (TPSA) is 102 Å². The molecule has 14 heavy (non-hydrogen) atoms. The summed E-state index contributed by atoms with van der Waals surface area (Å²) in [4.78, 5) is 14.7. The van der Waals surface area contributed by atoms with Crippen LogP contribution in [0.2, 0.25) is 0 Å². The summed E-state index contributed by atoms with van der Waals surface area (Å²) in [6.07, 6.45) is 1.40. The SMILES string of the molecule is Cc1cc(N)ncc1[C@](C)(N)C(=O)O. The maximum absolute atomic E-state index is 10.9. The van der Waals surface area contributed by atoms with E-state index in [2.05, 4.69) is 4.98 Å². The van der Waals surface area contributed by atoms with Crippen LogP contribution in [0.1, 0.15) is 18.1 Å². The third-order valence-corrected chi connectivity index (χ3v) is 2.14. The van der Waals surface area contributed by atoms with Gasteiger partial charge in [-0.3, -0.25) is 0 Å². The minimum absolute atomic E-state index is 0.354. The first-order chi connectivity index (χ1) is 6.35. The van der Waals surface area contributed by atoms with Crippen LogP contribution in [0.3, 0.4) is 0 Å². The summed E-state index contributed by atoms with van der Waals surface area (Å²) in [5.41, 5.74) is 10.9. The first kappa shape index (κ1) is 10.5. The van der Waals surface area contributed by atoms with E-state index in [-0.39, 0.29) is 0 Å². The molecule has 0 saturated heterocycles. The molecule has 0 radical (unpaired) electrons. The Bertz CT molecular complexity index is 374.